The van der Waals surface area contributed by atoms with Crippen LogP contribution < -0.4 is 35.2 Å². The maximum Gasteiger partial charge on any atom is 0.416 e. The molecule has 23 heteroatoms. The molecule has 0 aromatic heterocycles. The van der Waals surface area contributed by atoms with Gasteiger partial charge in [-0.25, -0.2) is 14.5 Å². The van der Waals surface area contributed by atoms with Crippen LogP contribution in [0.25, 0.3) is 10.8 Å². The first-order chi connectivity index (χ1) is 44.0. The molecule has 1 saturated carbocycles. The summed E-state index contributed by atoms with van der Waals surface area (Å²) in [5.74, 6) is -1.36. The highest BCUT2D eigenvalue weighted by Gasteiger charge is 2.51. The van der Waals surface area contributed by atoms with Gasteiger partial charge in [0.1, 0.15) is 29.6 Å². The summed E-state index contributed by atoms with van der Waals surface area (Å²) in [5, 5.41) is 22.3. The summed E-state index contributed by atoms with van der Waals surface area (Å²) >= 11 is 6.56. The third-order valence-corrected chi connectivity index (χ3v) is 19.0. The second kappa shape index (κ2) is 29.9. The number of ether oxygens (including phenoxy) is 3. The topological polar surface area (TPSA) is 257 Å². The van der Waals surface area contributed by atoms with Crippen molar-refractivity contribution in [2.75, 3.05) is 87.0 Å². The molecule has 4 aromatic rings. The SMILES string of the molecule is CCCCC[C@H](NC(=O)C1(C(=O)NCCCCCN2C(=O)C=CC2=O)CCC1)C(=O)Nc1ccc(COC(=O)N2c3cc(OCCCCCC(=O)N4C[C@@H](CCl)c5c4cc(OC(=O)N4CCN(C)CC4)c4ccccc54)c(C)cc3C(=O)N3CCC[C@H]3C2O)cc1. The van der Waals surface area contributed by atoms with E-state index in [9.17, 15) is 48.3 Å². The second-order valence-electron chi connectivity index (χ2n) is 24.8. The van der Waals surface area contributed by atoms with E-state index in [1.165, 1.54) is 17.1 Å². The number of aryl methyl sites for hydroxylation is 1. The van der Waals surface area contributed by atoms with Crippen LogP contribution in [0, 0.1) is 12.3 Å². The fraction of sp³-hybridized carbons (Fsp3) is 0.515. The zero-order valence-corrected chi connectivity index (χ0v) is 53.1. The first-order valence-electron chi connectivity index (χ1n) is 32.3. The second-order valence-corrected chi connectivity index (χ2v) is 25.1. The van der Waals surface area contributed by atoms with Crippen molar-refractivity contribution < 1.29 is 62.5 Å². The number of imide groups is 1. The minimum absolute atomic E-state index is 0.0665. The molecule has 1 unspecified atom stereocenters. The van der Waals surface area contributed by atoms with Crippen molar-refractivity contribution in [3.05, 3.63) is 101 Å². The number of carbonyl (C=O) groups is 9. The first-order valence-corrected chi connectivity index (χ1v) is 32.9. The number of aliphatic hydroxyl groups is 1. The molecule has 0 bridgehead atoms. The first kappa shape index (κ1) is 65.9. The molecule has 0 spiro atoms. The molecule has 486 valence electrons. The molecule has 9 amide bonds. The van der Waals surface area contributed by atoms with Crippen molar-refractivity contribution in [1.82, 2.24) is 30.2 Å². The van der Waals surface area contributed by atoms with Crippen LogP contribution in [0.4, 0.5) is 26.7 Å². The van der Waals surface area contributed by atoms with Crippen LogP contribution in [0.1, 0.15) is 143 Å². The quantitative estimate of drug-likeness (QED) is 0.0199. The standard InChI is InChI=1S/C68H84ClN9O13/c1-4-5-8-19-51(72-65(86)68(28-16-29-68)64(85)70-30-12-7-13-31-76-58(80)26-27-59(76)81)61(82)71-47-24-22-45(23-25-47)43-90-67(88)78-53-39-55(44(2)38-50(53)62(83)75-32-15-20-52(75)63(78)84)89-37-14-6-9-21-57(79)77-42-46(41-69)60-49-18-11-10-17-48(49)56(40-54(60)77)91-66(87)74-35-33-73(3)34-36-74/h10-11,17-18,22-27,38-40,46,51-52,63,84H,4-9,12-16,19-21,28-37,41-43H2,1-3H3,(H,70,85)(H,71,82)(H,72,86)/t46-,51+,52+,63?/m1/s1. The largest absolute Gasteiger partial charge is 0.493 e. The van der Waals surface area contributed by atoms with E-state index in [1.807, 2.05) is 51.2 Å². The van der Waals surface area contributed by atoms with Crippen LogP contribution in [0.3, 0.4) is 0 Å². The van der Waals surface area contributed by atoms with Crippen molar-refractivity contribution in [1.29, 1.82) is 0 Å². The van der Waals surface area contributed by atoms with Crippen LogP contribution >= 0.6 is 11.6 Å². The van der Waals surface area contributed by atoms with Crippen LogP contribution in [0.2, 0.25) is 0 Å². The number of carbonyl (C=O) groups excluding carboxylic acids is 9. The summed E-state index contributed by atoms with van der Waals surface area (Å²) < 4.78 is 18.3. The number of benzene rings is 4. The molecule has 1 aliphatic carbocycles. The lowest BCUT2D eigenvalue weighted by Gasteiger charge is -2.39. The molecule has 2 saturated heterocycles. The monoisotopic (exact) mass is 1270 g/mol. The number of nitrogens with one attached hydrogen (secondary N) is 3. The Morgan fingerprint density at radius 3 is 2.22 bits per heavy atom. The average molecular weight is 1270 g/mol. The lowest BCUT2D eigenvalue weighted by molar-refractivity contribution is -0.151. The van der Waals surface area contributed by atoms with Gasteiger partial charge in [-0.1, -0.05) is 69.0 Å². The minimum atomic E-state index is -1.43. The summed E-state index contributed by atoms with van der Waals surface area (Å²) in [6.07, 6.45) is 8.93. The van der Waals surface area contributed by atoms with Gasteiger partial charge in [-0.15, -0.1) is 11.6 Å². The van der Waals surface area contributed by atoms with Gasteiger partial charge < -0.3 is 54.9 Å². The third kappa shape index (κ3) is 14.8. The van der Waals surface area contributed by atoms with E-state index in [2.05, 4.69) is 20.9 Å². The number of anilines is 3. The summed E-state index contributed by atoms with van der Waals surface area (Å²) in [4.78, 5) is 131. The Bertz CT molecular complexity index is 3400. The highest BCUT2D eigenvalue weighted by Crippen LogP contribution is 2.47. The fourth-order valence-corrected chi connectivity index (χ4v) is 13.3. The van der Waals surface area contributed by atoms with Gasteiger partial charge in [0.15, 0.2) is 6.23 Å². The lowest BCUT2D eigenvalue weighted by Crippen LogP contribution is -2.58. The van der Waals surface area contributed by atoms with Crippen LogP contribution in [0.15, 0.2) is 78.9 Å². The average Bonchev–Trinajstić information content (AvgIpc) is 1.75. The summed E-state index contributed by atoms with van der Waals surface area (Å²) in [7, 11) is 2.02. The molecule has 5 aliphatic heterocycles. The van der Waals surface area contributed by atoms with Gasteiger partial charge in [0.2, 0.25) is 23.6 Å². The van der Waals surface area contributed by atoms with Crippen molar-refractivity contribution in [3.8, 4) is 11.5 Å². The normalized spacial score (nSPS) is 19.5. The molecule has 3 fully saturated rings. The number of piperazine rings is 1. The fourth-order valence-electron chi connectivity index (χ4n) is 13.1. The molecule has 6 aliphatic rings. The number of hydrogen-bond acceptors (Lipinski definition) is 14. The van der Waals surface area contributed by atoms with Gasteiger partial charge in [0.05, 0.1) is 29.6 Å². The summed E-state index contributed by atoms with van der Waals surface area (Å²) in [6, 6.07) is 17.9. The van der Waals surface area contributed by atoms with E-state index in [1.54, 1.807) is 51.1 Å². The Morgan fingerprint density at radius 1 is 0.780 bits per heavy atom. The number of unbranched alkanes of at least 4 members (excludes halogenated alkanes) is 6. The Morgan fingerprint density at radius 2 is 1.51 bits per heavy atom. The molecule has 22 nitrogen and oxygen atoms in total. The zero-order valence-electron chi connectivity index (χ0n) is 52.3. The van der Waals surface area contributed by atoms with E-state index in [0.717, 1.165) is 47.2 Å². The molecular formula is C68H84ClN9O13. The van der Waals surface area contributed by atoms with Crippen LogP contribution in [-0.4, -0.2) is 168 Å². The Hall–Kier alpha value is -8.08. The Balaban J connectivity index is 0.725. The predicted molar refractivity (Wildman–Crippen MR) is 343 cm³/mol. The number of amides is 9. The van der Waals surface area contributed by atoms with Gasteiger partial charge >= 0.3 is 12.2 Å². The van der Waals surface area contributed by atoms with Crippen molar-refractivity contribution in [2.45, 2.75) is 147 Å². The summed E-state index contributed by atoms with van der Waals surface area (Å²) in [6.45, 7) is 7.96. The van der Waals surface area contributed by atoms with Crippen molar-refractivity contribution in [3.63, 3.8) is 0 Å². The number of aliphatic hydroxyl groups excluding tert-OH is 1. The molecular weight excluding hydrogens is 1190 g/mol. The molecule has 10 rings (SSSR count). The van der Waals surface area contributed by atoms with Crippen molar-refractivity contribution >= 4 is 93.0 Å². The number of hydrogen-bond donors (Lipinski definition) is 4. The predicted octanol–water partition coefficient (Wildman–Crippen LogP) is 8.67. The third-order valence-electron chi connectivity index (χ3n) is 18.6. The number of nitrogens with zero attached hydrogens (tertiary/aromatic N) is 6. The molecule has 4 N–H and O–H groups in total. The van der Waals surface area contributed by atoms with E-state index in [-0.39, 0.29) is 66.3 Å². The molecule has 4 aromatic carbocycles. The molecule has 91 heavy (non-hydrogen) atoms. The molecule has 0 radical (unpaired) electrons. The van der Waals surface area contributed by atoms with E-state index in [0.29, 0.717) is 163 Å². The number of halogens is 1. The molecule has 4 atom stereocenters. The van der Waals surface area contributed by atoms with Gasteiger partial charge in [-0.3, -0.25) is 38.5 Å². The Kier molecular flexibility index (Phi) is 21.6. The Labute approximate surface area is 535 Å². The number of alkyl halides is 1. The van der Waals surface area contributed by atoms with Gasteiger partial charge in [-0.2, -0.15) is 0 Å². The van der Waals surface area contributed by atoms with E-state index < -0.39 is 47.7 Å². The van der Waals surface area contributed by atoms with E-state index in [4.69, 9.17) is 25.8 Å². The highest BCUT2D eigenvalue weighted by molar-refractivity contribution is 6.19. The smallest absolute Gasteiger partial charge is 0.416 e. The maximum atomic E-state index is 14.3. The van der Waals surface area contributed by atoms with E-state index >= 15 is 0 Å². The highest BCUT2D eigenvalue weighted by atomic mass is 35.5. The number of fused-ring (bicyclic) bond motifs is 5. The lowest BCUT2D eigenvalue weighted by atomic mass is 9.67. The van der Waals surface area contributed by atoms with Gasteiger partial charge in [-0.05, 0) is 125 Å². The van der Waals surface area contributed by atoms with Gasteiger partial charge in [0.25, 0.3) is 17.7 Å². The minimum Gasteiger partial charge on any atom is -0.493 e. The van der Waals surface area contributed by atoms with Crippen molar-refractivity contribution in [2.24, 2.45) is 5.41 Å². The van der Waals surface area contributed by atoms with Gasteiger partial charge in [0, 0.05) is 106 Å². The number of likely N-dealkylation sites (N-methyl/N-ethyl adjacent to an activating group) is 1. The summed E-state index contributed by atoms with van der Waals surface area (Å²) in [5.41, 5.74) is 2.39. The molecule has 5 heterocycles. The number of rotatable bonds is 26. The van der Waals surface area contributed by atoms with Crippen LogP contribution in [-0.2, 0) is 40.1 Å². The maximum absolute atomic E-state index is 14.3. The van der Waals surface area contributed by atoms with Crippen LogP contribution in [0.5, 0.6) is 11.5 Å². The zero-order chi connectivity index (χ0) is 64.3.